The highest BCUT2D eigenvalue weighted by atomic mass is 19.4. The van der Waals surface area contributed by atoms with Crippen LogP contribution < -0.4 is 10.1 Å². The molecule has 1 aliphatic carbocycles. The number of nitrogens with zero attached hydrogens (tertiary/aromatic N) is 1. The number of aromatic nitrogens is 1. The minimum atomic E-state index is -4.43. The zero-order valence-electron chi connectivity index (χ0n) is 11.9. The Morgan fingerprint density at radius 1 is 1.35 bits per heavy atom. The van der Waals surface area contributed by atoms with Crippen LogP contribution in [0.1, 0.15) is 34.7 Å². The summed E-state index contributed by atoms with van der Waals surface area (Å²) < 4.78 is 48.0. The largest absolute Gasteiger partial charge is 0.486 e. The highest BCUT2D eigenvalue weighted by Crippen LogP contribution is 2.31. The Kier molecular flexibility index (Phi) is 3.97. The minimum Gasteiger partial charge on any atom is -0.486 e. The maximum Gasteiger partial charge on any atom is 0.416 e. The van der Waals surface area contributed by atoms with Gasteiger partial charge >= 0.3 is 6.18 Å². The van der Waals surface area contributed by atoms with E-state index in [2.05, 4.69) is 10.5 Å². The van der Waals surface area contributed by atoms with Crippen molar-refractivity contribution in [3.8, 4) is 5.75 Å². The fraction of sp³-hybridized carbons (Fsp3) is 0.333. The second-order valence-electron chi connectivity index (χ2n) is 5.24. The number of carbonyl (C=O) groups excluding carboxylic acids is 1. The van der Waals surface area contributed by atoms with Crippen LogP contribution in [0, 0.1) is 0 Å². The number of alkyl halides is 3. The zero-order valence-corrected chi connectivity index (χ0v) is 11.9. The number of carbonyl (C=O) groups is 1. The van der Waals surface area contributed by atoms with Gasteiger partial charge in [-0.15, -0.1) is 0 Å². The Balaban J connectivity index is 1.60. The third-order valence-corrected chi connectivity index (χ3v) is 3.25. The van der Waals surface area contributed by atoms with Gasteiger partial charge in [0.05, 0.1) is 5.56 Å². The highest BCUT2D eigenvalue weighted by molar-refractivity contribution is 5.92. The molecule has 0 unspecified atom stereocenters. The second kappa shape index (κ2) is 5.94. The second-order valence-corrected chi connectivity index (χ2v) is 5.24. The van der Waals surface area contributed by atoms with Gasteiger partial charge in [0, 0.05) is 12.1 Å². The van der Waals surface area contributed by atoms with E-state index in [1.165, 1.54) is 18.2 Å². The first-order valence-corrected chi connectivity index (χ1v) is 6.98. The number of halogens is 3. The van der Waals surface area contributed by atoms with Gasteiger partial charge in [-0.3, -0.25) is 4.79 Å². The molecule has 0 saturated heterocycles. The lowest BCUT2D eigenvalue weighted by atomic mass is 10.2. The average molecular weight is 326 g/mol. The number of hydrogen-bond donors (Lipinski definition) is 1. The Morgan fingerprint density at radius 2 is 2.13 bits per heavy atom. The zero-order chi connectivity index (χ0) is 16.4. The van der Waals surface area contributed by atoms with Crippen LogP contribution in [0.15, 0.2) is 34.9 Å². The lowest BCUT2D eigenvalue weighted by molar-refractivity contribution is -0.137. The summed E-state index contributed by atoms with van der Waals surface area (Å²) in [6, 6.07) is 6.13. The van der Waals surface area contributed by atoms with Gasteiger partial charge in [0.2, 0.25) is 0 Å². The molecule has 122 valence electrons. The first kappa shape index (κ1) is 15.4. The van der Waals surface area contributed by atoms with Gasteiger partial charge in [-0.2, -0.15) is 13.2 Å². The molecule has 1 N–H and O–H groups in total. The lowest BCUT2D eigenvalue weighted by Crippen LogP contribution is -2.25. The average Bonchev–Trinajstić information content (AvgIpc) is 3.18. The summed E-state index contributed by atoms with van der Waals surface area (Å²) in [7, 11) is 0. The number of benzene rings is 1. The summed E-state index contributed by atoms with van der Waals surface area (Å²) in [5.41, 5.74) is -0.670. The molecule has 0 bridgehead atoms. The Morgan fingerprint density at radius 3 is 2.83 bits per heavy atom. The number of nitrogens with one attached hydrogen (secondary N) is 1. The van der Waals surface area contributed by atoms with Gasteiger partial charge in [-0.05, 0) is 31.0 Å². The molecular formula is C15H13F3N2O3. The van der Waals surface area contributed by atoms with Crippen LogP contribution >= 0.6 is 0 Å². The van der Waals surface area contributed by atoms with Crippen LogP contribution in [0.2, 0.25) is 0 Å². The van der Waals surface area contributed by atoms with Crippen LogP contribution in [0.3, 0.4) is 0 Å². The molecule has 0 spiro atoms. The summed E-state index contributed by atoms with van der Waals surface area (Å²) >= 11 is 0. The first-order chi connectivity index (χ1) is 10.9. The third kappa shape index (κ3) is 4.02. The molecule has 1 aromatic carbocycles. The molecule has 23 heavy (non-hydrogen) atoms. The topological polar surface area (TPSA) is 64.4 Å². The smallest absolute Gasteiger partial charge is 0.416 e. The maximum absolute atomic E-state index is 12.6. The highest BCUT2D eigenvalue weighted by Gasteiger charge is 2.30. The number of amides is 1. The van der Waals surface area contributed by atoms with E-state index in [1.807, 2.05) is 0 Å². The Labute approximate surface area is 129 Å². The van der Waals surface area contributed by atoms with Crippen LogP contribution in [0.4, 0.5) is 13.2 Å². The summed E-state index contributed by atoms with van der Waals surface area (Å²) in [6.07, 6.45) is -2.52. The summed E-state index contributed by atoms with van der Waals surface area (Å²) in [5.74, 6) is -0.0230. The van der Waals surface area contributed by atoms with E-state index in [9.17, 15) is 18.0 Å². The van der Waals surface area contributed by atoms with Gasteiger partial charge < -0.3 is 14.6 Å². The standard InChI is InChI=1S/C15H13F3N2O3/c16-15(17,18)9-2-1-3-11(6-9)22-8-12-7-13(20-23-12)14(21)19-10-4-5-10/h1-3,6-7,10H,4-5,8H2,(H,19,21). The summed E-state index contributed by atoms with van der Waals surface area (Å²) in [4.78, 5) is 11.7. The molecule has 1 aliphatic rings. The first-order valence-electron chi connectivity index (χ1n) is 6.98. The van der Waals surface area contributed by atoms with E-state index >= 15 is 0 Å². The van der Waals surface area contributed by atoms with E-state index in [-0.39, 0.29) is 35.8 Å². The molecule has 0 atom stereocenters. The van der Waals surface area contributed by atoms with Gasteiger partial charge in [0.15, 0.2) is 11.5 Å². The van der Waals surface area contributed by atoms with Crippen molar-refractivity contribution in [1.82, 2.24) is 10.5 Å². The molecule has 5 nitrogen and oxygen atoms in total. The minimum absolute atomic E-state index is 0.0557. The molecule has 8 heteroatoms. The van der Waals surface area contributed by atoms with Crippen molar-refractivity contribution in [3.05, 3.63) is 47.3 Å². The van der Waals surface area contributed by atoms with Crippen molar-refractivity contribution in [2.45, 2.75) is 31.7 Å². The Hall–Kier alpha value is -2.51. The van der Waals surface area contributed by atoms with E-state index in [0.29, 0.717) is 0 Å². The van der Waals surface area contributed by atoms with E-state index in [4.69, 9.17) is 9.26 Å². The van der Waals surface area contributed by atoms with Crippen molar-refractivity contribution >= 4 is 5.91 Å². The van der Waals surface area contributed by atoms with E-state index in [1.54, 1.807) is 0 Å². The molecule has 3 rings (SSSR count). The monoisotopic (exact) mass is 326 g/mol. The van der Waals surface area contributed by atoms with Crippen molar-refractivity contribution in [2.24, 2.45) is 0 Å². The molecule has 1 amide bonds. The van der Waals surface area contributed by atoms with Crippen molar-refractivity contribution in [1.29, 1.82) is 0 Å². The SMILES string of the molecule is O=C(NC1CC1)c1cc(COc2cccc(C(F)(F)F)c2)on1. The van der Waals surface area contributed by atoms with Crippen molar-refractivity contribution < 1.29 is 27.2 Å². The van der Waals surface area contributed by atoms with Crippen LogP contribution in [0.25, 0.3) is 0 Å². The quantitative estimate of drug-likeness (QED) is 0.917. The van der Waals surface area contributed by atoms with Gasteiger partial charge in [-0.25, -0.2) is 0 Å². The van der Waals surface area contributed by atoms with E-state index < -0.39 is 11.7 Å². The molecule has 1 aromatic heterocycles. The number of ether oxygens (including phenoxy) is 1. The molecule has 0 radical (unpaired) electrons. The lowest BCUT2D eigenvalue weighted by Gasteiger charge is -2.09. The van der Waals surface area contributed by atoms with Crippen LogP contribution in [-0.4, -0.2) is 17.1 Å². The van der Waals surface area contributed by atoms with Gasteiger partial charge in [0.1, 0.15) is 12.4 Å². The molecule has 1 saturated carbocycles. The molecule has 1 heterocycles. The van der Waals surface area contributed by atoms with Crippen molar-refractivity contribution in [2.75, 3.05) is 0 Å². The fourth-order valence-electron chi connectivity index (χ4n) is 1.89. The normalized spacial score (nSPS) is 14.6. The third-order valence-electron chi connectivity index (χ3n) is 3.25. The van der Waals surface area contributed by atoms with E-state index in [0.717, 1.165) is 25.0 Å². The Bertz CT molecular complexity index is 708. The van der Waals surface area contributed by atoms with Gasteiger partial charge in [-0.1, -0.05) is 11.2 Å². The number of rotatable bonds is 5. The fourth-order valence-corrected chi connectivity index (χ4v) is 1.89. The number of hydrogen-bond acceptors (Lipinski definition) is 4. The molecular weight excluding hydrogens is 313 g/mol. The summed E-state index contributed by atoms with van der Waals surface area (Å²) in [5, 5.41) is 6.37. The maximum atomic E-state index is 12.6. The molecule has 1 fully saturated rings. The predicted octanol–water partition coefficient (Wildman–Crippen LogP) is 3.16. The molecule has 0 aliphatic heterocycles. The van der Waals surface area contributed by atoms with Crippen LogP contribution in [-0.2, 0) is 12.8 Å². The van der Waals surface area contributed by atoms with Crippen molar-refractivity contribution in [3.63, 3.8) is 0 Å². The predicted molar refractivity (Wildman–Crippen MR) is 72.8 cm³/mol. The van der Waals surface area contributed by atoms with Crippen LogP contribution in [0.5, 0.6) is 5.75 Å². The molecule has 2 aromatic rings. The van der Waals surface area contributed by atoms with Gasteiger partial charge in [0.25, 0.3) is 5.91 Å². The summed E-state index contributed by atoms with van der Waals surface area (Å²) in [6.45, 7) is -0.120.